The molecule has 0 unspecified atom stereocenters. The normalized spacial score (nSPS) is 22.3. The van der Waals surface area contributed by atoms with Crippen LogP contribution < -0.4 is 10.1 Å². The number of carbonyl (C=O) groups is 1. The maximum absolute atomic E-state index is 13.5. The minimum absolute atomic E-state index is 0.0820. The molecule has 0 spiro atoms. The van der Waals surface area contributed by atoms with Crippen molar-refractivity contribution in [3.63, 3.8) is 0 Å². The summed E-state index contributed by atoms with van der Waals surface area (Å²) in [6.07, 6.45) is 1.04. The topological polar surface area (TPSA) is 72.3 Å². The van der Waals surface area contributed by atoms with Gasteiger partial charge in [-0.15, -0.1) is 0 Å². The van der Waals surface area contributed by atoms with Crippen LogP contribution in [0.2, 0.25) is 0 Å². The van der Waals surface area contributed by atoms with Crippen LogP contribution in [0.15, 0.2) is 30.6 Å². The summed E-state index contributed by atoms with van der Waals surface area (Å²) in [5.74, 6) is 1.45. The zero-order chi connectivity index (χ0) is 20.4. The number of halogens is 2. The van der Waals surface area contributed by atoms with Gasteiger partial charge in [-0.25, -0.2) is 13.5 Å². The first kappa shape index (κ1) is 19.6. The second kappa shape index (κ2) is 8.34. The fourth-order valence-electron chi connectivity index (χ4n) is 4.32. The summed E-state index contributed by atoms with van der Waals surface area (Å²) < 4.78 is 33.4. The molecule has 2 atom stereocenters. The lowest BCUT2D eigenvalue weighted by Crippen LogP contribution is -2.46. The van der Waals surface area contributed by atoms with Crippen molar-refractivity contribution < 1.29 is 18.3 Å². The predicted molar refractivity (Wildman–Crippen MR) is 103 cm³/mol. The molecule has 1 N–H and O–H groups in total. The molecule has 1 amide bonds. The molecule has 2 aliphatic heterocycles. The average molecular weight is 405 g/mol. The van der Waals surface area contributed by atoms with E-state index in [1.54, 1.807) is 7.11 Å². The molecular formula is C20H25F2N5O2. The van der Waals surface area contributed by atoms with Crippen LogP contribution in [-0.4, -0.2) is 58.2 Å². The number of fused-ring (bicyclic) bond motifs is 1. The number of aromatic nitrogens is 3. The van der Waals surface area contributed by atoms with Crippen molar-refractivity contribution >= 4 is 11.9 Å². The molecule has 156 valence electrons. The van der Waals surface area contributed by atoms with Crippen LogP contribution in [0.1, 0.15) is 30.9 Å². The Labute approximate surface area is 168 Å². The van der Waals surface area contributed by atoms with Crippen molar-refractivity contribution in [2.24, 2.45) is 5.92 Å². The second-order valence-electron chi connectivity index (χ2n) is 7.66. The number of ether oxygens (including phenoxy) is 1. The van der Waals surface area contributed by atoms with Crippen molar-refractivity contribution in [2.45, 2.75) is 44.2 Å². The molecule has 2 aromatic rings. The number of alkyl halides is 2. The van der Waals surface area contributed by atoms with E-state index in [1.807, 2.05) is 29.2 Å². The first-order valence-electron chi connectivity index (χ1n) is 9.90. The standard InChI is InChI=1S/C20H25F2N5O2/c1-29-15-4-2-3-13(9-15)10-18(28)26-7-5-14(6-8-26)16-11-17(19(21)22)27-20(25-16)23-12-24-27/h2-4,9,12,14,16-17,19H,5-8,10-11H2,1H3,(H,23,24,25)/t16-,17+/m0/s1. The summed E-state index contributed by atoms with van der Waals surface area (Å²) in [5, 5.41) is 7.19. The summed E-state index contributed by atoms with van der Waals surface area (Å²) in [4.78, 5) is 18.6. The van der Waals surface area contributed by atoms with E-state index in [4.69, 9.17) is 4.74 Å². The van der Waals surface area contributed by atoms with E-state index < -0.39 is 12.5 Å². The van der Waals surface area contributed by atoms with Gasteiger partial charge < -0.3 is 15.0 Å². The number of methoxy groups -OCH3 is 1. The minimum atomic E-state index is -2.48. The summed E-state index contributed by atoms with van der Waals surface area (Å²) in [6.45, 7) is 1.27. The molecule has 0 aliphatic carbocycles. The van der Waals surface area contributed by atoms with Gasteiger partial charge in [0.2, 0.25) is 11.9 Å². The van der Waals surface area contributed by atoms with E-state index in [1.165, 1.54) is 11.0 Å². The Hall–Kier alpha value is -2.71. The zero-order valence-corrected chi connectivity index (χ0v) is 16.3. The molecule has 0 bridgehead atoms. The molecule has 1 aromatic carbocycles. The Morgan fingerprint density at radius 1 is 1.34 bits per heavy atom. The number of carbonyl (C=O) groups excluding carboxylic acids is 1. The quantitative estimate of drug-likeness (QED) is 0.828. The molecule has 1 aromatic heterocycles. The largest absolute Gasteiger partial charge is 0.497 e. The molecule has 0 radical (unpaired) electrons. The summed E-state index contributed by atoms with van der Waals surface area (Å²) >= 11 is 0. The van der Waals surface area contributed by atoms with Gasteiger partial charge >= 0.3 is 0 Å². The third-order valence-corrected chi connectivity index (χ3v) is 5.94. The van der Waals surface area contributed by atoms with Crippen LogP contribution in [0, 0.1) is 5.92 Å². The number of anilines is 1. The fraction of sp³-hybridized carbons (Fsp3) is 0.550. The number of hydrogen-bond donors (Lipinski definition) is 1. The minimum Gasteiger partial charge on any atom is -0.497 e. The monoisotopic (exact) mass is 405 g/mol. The highest BCUT2D eigenvalue weighted by atomic mass is 19.3. The lowest BCUT2D eigenvalue weighted by molar-refractivity contribution is -0.131. The van der Waals surface area contributed by atoms with Gasteiger partial charge in [-0.05, 0) is 42.9 Å². The van der Waals surface area contributed by atoms with Crippen molar-refractivity contribution in [3.05, 3.63) is 36.2 Å². The lowest BCUT2D eigenvalue weighted by Gasteiger charge is -2.40. The highest BCUT2D eigenvalue weighted by Crippen LogP contribution is 2.35. The van der Waals surface area contributed by atoms with Crippen LogP contribution >= 0.6 is 0 Å². The molecule has 3 heterocycles. The first-order chi connectivity index (χ1) is 14.0. The highest BCUT2D eigenvalue weighted by Gasteiger charge is 2.38. The SMILES string of the molecule is COc1cccc(CC(=O)N2CCC([C@@H]3C[C@H](C(F)F)n4ncnc4N3)CC2)c1. The Morgan fingerprint density at radius 3 is 2.86 bits per heavy atom. The number of nitrogens with zero attached hydrogens (tertiary/aromatic N) is 4. The van der Waals surface area contributed by atoms with E-state index in [0.717, 1.165) is 24.2 Å². The van der Waals surface area contributed by atoms with Gasteiger partial charge in [0.1, 0.15) is 18.1 Å². The number of hydrogen-bond acceptors (Lipinski definition) is 5. The molecule has 0 saturated carbocycles. The third-order valence-electron chi connectivity index (χ3n) is 5.94. The van der Waals surface area contributed by atoms with Crippen molar-refractivity contribution in [1.82, 2.24) is 19.7 Å². The summed E-state index contributed by atoms with van der Waals surface area (Å²) in [7, 11) is 1.60. The fourth-order valence-corrected chi connectivity index (χ4v) is 4.32. The van der Waals surface area contributed by atoms with Crippen molar-refractivity contribution in [2.75, 3.05) is 25.5 Å². The number of rotatable bonds is 5. The molecular weight excluding hydrogens is 380 g/mol. The molecule has 2 aliphatic rings. The van der Waals surface area contributed by atoms with E-state index in [2.05, 4.69) is 15.4 Å². The van der Waals surface area contributed by atoms with Crippen LogP contribution in [-0.2, 0) is 11.2 Å². The van der Waals surface area contributed by atoms with Crippen molar-refractivity contribution in [1.29, 1.82) is 0 Å². The van der Waals surface area contributed by atoms with Crippen LogP contribution in [0.3, 0.4) is 0 Å². The Kier molecular flexibility index (Phi) is 5.64. The molecule has 1 fully saturated rings. The summed E-state index contributed by atoms with van der Waals surface area (Å²) in [6, 6.07) is 6.48. The van der Waals surface area contributed by atoms with Gasteiger partial charge in [0.05, 0.1) is 13.5 Å². The first-order valence-corrected chi connectivity index (χ1v) is 9.90. The number of likely N-dealkylation sites (tertiary alicyclic amines) is 1. The Bertz CT molecular complexity index is 851. The molecule has 4 rings (SSSR count). The van der Waals surface area contributed by atoms with Crippen LogP contribution in [0.4, 0.5) is 14.7 Å². The second-order valence-corrected chi connectivity index (χ2v) is 7.66. The molecule has 1 saturated heterocycles. The molecule has 7 nitrogen and oxygen atoms in total. The van der Waals surface area contributed by atoms with Crippen LogP contribution in [0.25, 0.3) is 0 Å². The van der Waals surface area contributed by atoms with E-state index in [-0.39, 0.29) is 17.9 Å². The Morgan fingerprint density at radius 2 is 2.14 bits per heavy atom. The van der Waals surface area contributed by atoms with Gasteiger partial charge in [-0.3, -0.25) is 4.79 Å². The number of amides is 1. The number of piperidine rings is 1. The lowest BCUT2D eigenvalue weighted by atomic mass is 9.85. The average Bonchev–Trinajstić information content (AvgIpc) is 3.21. The molecule has 29 heavy (non-hydrogen) atoms. The molecule has 9 heteroatoms. The van der Waals surface area contributed by atoms with Gasteiger partial charge in [0.25, 0.3) is 6.43 Å². The smallest absolute Gasteiger partial charge is 0.260 e. The van der Waals surface area contributed by atoms with Gasteiger partial charge in [0.15, 0.2) is 0 Å². The van der Waals surface area contributed by atoms with Gasteiger partial charge in [0, 0.05) is 19.1 Å². The predicted octanol–water partition coefficient (Wildman–Crippen LogP) is 2.76. The number of benzene rings is 1. The Balaban J connectivity index is 1.34. The zero-order valence-electron chi connectivity index (χ0n) is 16.3. The van der Waals surface area contributed by atoms with Gasteiger partial charge in [-0.2, -0.15) is 10.1 Å². The summed E-state index contributed by atoms with van der Waals surface area (Å²) in [5.41, 5.74) is 0.921. The number of nitrogens with one attached hydrogen (secondary N) is 1. The van der Waals surface area contributed by atoms with Crippen LogP contribution in [0.5, 0.6) is 5.75 Å². The van der Waals surface area contributed by atoms with E-state index >= 15 is 0 Å². The van der Waals surface area contributed by atoms with E-state index in [0.29, 0.717) is 31.9 Å². The van der Waals surface area contributed by atoms with Crippen molar-refractivity contribution in [3.8, 4) is 5.75 Å². The maximum atomic E-state index is 13.5. The highest BCUT2D eigenvalue weighted by molar-refractivity contribution is 5.79. The third kappa shape index (κ3) is 4.18. The maximum Gasteiger partial charge on any atom is 0.260 e. The van der Waals surface area contributed by atoms with E-state index in [9.17, 15) is 13.6 Å². The van der Waals surface area contributed by atoms with Gasteiger partial charge in [-0.1, -0.05) is 12.1 Å².